The first-order valence-corrected chi connectivity index (χ1v) is 14.7. The maximum atomic E-state index is 11.7. The van der Waals surface area contributed by atoms with Crippen molar-refractivity contribution in [1.82, 2.24) is 9.55 Å². The number of imidazole rings is 1. The summed E-state index contributed by atoms with van der Waals surface area (Å²) in [7, 11) is 1.36. The van der Waals surface area contributed by atoms with Crippen LogP contribution in [-0.2, 0) is 16.1 Å². The van der Waals surface area contributed by atoms with E-state index in [0.29, 0.717) is 16.6 Å². The largest absolute Gasteiger partial charge is 0.468 e. The van der Waals surface area contributed by atoms with Crippen LogP contribution >= 0.6 is 34.5 Å². The molecule has 42 heavy (non-hydrogen) atoms. The number of rotatable bonds is 10. The summed E-state index contributed by atoms with van der Waals surface area (Å²) in [5.74, 6) is 0.509. The molecule has 0 aliphatic heterocycles. The highest BCUT2D eigenvalue weighted by Gasteiger charge is 2.12. The third kappa shape index (κ3) is 7.18. The number of methoxy groups -OCH3 is 1. The van der Waals surface area contributed by atoms with Crippen molar-refractivity contribution >= 4 is 64.1 Å². The highest BCUT2D eigenvalue weighted by molar-refractivity contribution is 7.17. The molecule has 0 spiro atoms. The fourth-order valence-corrected chi connectivity index (χ4v) is 5.71. The van der Waals surface area contributed by atoms with Gasteiger partial charge in [0.25, 0.3) is 0 Å². The van der Waals surface area contributed by atoms with Gasteiger partial charge in [0.05, 0.1) is 22.7 Å². The van der Waals surface area contributed by atoms with Crippen molar-refractivity contribution in [1.29, 1.82) is 0 Å². The lowest BCUT2D eigenvalue weighted by atomic mass is 10.1. The van der Waals surface area contributed by atoms with Crippen molar-refractivity contribution in [2.75, 3.05) is 19.0 Å². The third-order valence-corrected chi connectivity index (χ3v) is 8.34. The number of hydrogen-bond acceptors (Lipinski definition) is 6. The molecule has 0 aliphatic rings. The molecule has 0 amide bonds. The van der Waals surface area contributed by atoms with E-state index in [1.54, 1.807) is 19.1 Å². The van der Waals surface area contributed by atoms with Crippen LogP contribution in [0.5, 0.6) is 0 Å². The van der Waals surface area contributed by atoms with Crippen LogP contribution in [0.1, 0.15) is 33.5 Å². The molecule has 212 valence electrons. The molecule has 0 fully saturated rings. The van der Waals surface area contributed by atoms with E-state index in [1.165, 1.54) is 18.4 Å². The van der Waals surface area contributed by atoms with E-state index in [1.807, 2.05) is 72.9 Å². The number of Topliss-reactive ketones (excluding diaryl/α,β-unsaturated/α-hetero) is 1. The summed E-state index contributed by atoms with van der Waals surface area (Å²) >= 11 is 14.1. The smallest absolute Gasteiger partial charge is 0.325 e. The van der Waals surface area contributed by atoms with Gasteiger partial charge in [0.1, 0.15) is 12.4 Å². The summed E-state index contributed by atoms with van der Waals surface area (Å²) < 4.78 is 6.75. The second-order valence-corrected chi connectivity index (χ2v) is 11.5. The highest BCUT2D eigenvalue weighted by Crippen LogP contribution is 2.31. The standard InChI is InChI=1S/C33H27Cl2N3O3S/c1-21(39)30-14-15-31(42-30)24-8-3-22(4-9-24)7-16-32-37-29(27-13-10-25(34)17-28(27)35)20-38(32)19-23-5-11-26(12-6-23)36-18-33(40)41-2/h3-17,20,36H,18-19H2,1-2H3/b16-7+. The summed E-state index contributed by atoms with van der Waals surface area (Å²) in [6, 6.07) is 25.3. The minimum atomic E-state index is -0.328. The number of ketones is 1. The first-order valence-electron chi connectivity index (χ1n) is 13.1. The molecule has 5 rings (SSSR count). The monoisotopic (exact) mass is 615 g/mol. The van der Waals surface area contributed by atoms with Gasteiger partial charge in [0.15, 0.2) is 5.78 Å². The number of thiophene rings is 1. The number of aromatic nitrogens is 2. The van der Waals surface area contributed by atoms with Gasteiger partial charge in [-0.1, -0.05) is 65.7 Å². The van der Waals surface area contributed by atoms with Crippen LogP contribution in [0.4, 0.5) is 5.69 Å². The van der Waals surface area contributed by atoms with Gasteiger partial charge in [-0.25, -0.2) is 4.98 Å². The molecule has 2 heterocycles. The third-order valence-electron chi connectivity index (χ3n) is 6.56. The Bertz CT molecular complexity index is 1760. The van der Waals surface area contributed by atoms with E-state index in [4.69, 9.17) is 28.2 Å². The zero-order valence-electron chi connectivity index (χ0n) is 22.9. The molecular weight excluding hydrogens is 589 g/mol. The van der Waals surface area contributed by atoms with Gasteiger partial charge in [-0.2, -0.15) is 0 Å². The van der Waals surface area contributed by atoms with Crippen molar-refractivity contribution in [3.05, 3.63) is 117 Å². The Kier molecular flexibility index (Phi) is 9.22. The second-order valence-electron chi connectivity index (χ2n) is 9.54. The minimum absolute atomic E-state index is 0.0757. The van der Waals surface area contributed by atoms with E-state index in [2.05, 4.69) is 26.8 Å². The van der Waals surface area contributed by atoms with Gasteiger partial charge in [0.2, 0.25) is 0 Å². The molecule has 0 bridgehead atoms. The van der Waals surface area contributed by atoms with E-state index in [0.717, 1.165) is 49.2 Å². The quantitative estimate of drug-likeness (QED) is 0.126. The number of ether oxygens (including phenoxy) is 1. The molecule has 0 radical (unpaired) electrons. The van der Waals surface area contributed by atoms with Crippen molar-refractivity contribution in [2.24, 2.45) is 0 Å². The average Bonchev–Trinajstić information content (AvgIpc) is 3.64. The Labute approximate surface area is 258 Å². The molecule has 5 aromatic rings. The number of hydrogen-bond donors (Lipinski definition) is 1. The van der Waals surface area contributed by atoms with Gasteiger partial charge in [-0.05, 0) is 72.2 Å². The topological polar surface area (TPSA) is 73.2 Å². The first kappa shape index (κ1) is 29.3. The molecule has 0 saturated carbocycles. The van der Waals surface area contributed by atoms with Crippen molar-refractivity contribution in [3.63, 3.8) is 0 Å². The predicted octanol–water partition coefficient (Wildman–Crippen LogP) is 8.59. The van der Waals surface area contributed by atoms with E-state index >= 15 is 0 Å². The van der Waals surface area contributed by atoms with Gasteiger partial charge in [-0.3, -0.25) is 9.59 Å². The van der Waals surface area contributed by atoms with Crippen LogP contribution < -0.4 is 5.32 Å². The zero-order chi connectivity index (χ0) is 29.6. The Balaban J connectivity index is 1.39. The number of nitrogens with one attached hydrogen (secondary N) is 1. The van der Waals surface area contributed by atoms with E-state index in [9.17, 15) is 9.59 Å². The van der Waals surface area contributed by atoms with Crippen LogP contribution in [0.15, 0.2) is 85.1 Å². The highest BCUT2D eigenvalue weighted by atomic mass is 35.5. The summed E-state index contributed by atoms with van der Waals surface area (Å²) in [6.45, 7) is 2.26. The summed E-state index contributed by atoms with van der Waals surface area (Å²) in [5, 5.41) is 4.14. The number of halogens is 2. The van der Waals surface area contributed by atoms with Crippen LogP contribution in [-0.4, -0.2) is 35.0 Å². The molecule has 6 nitrogen and oxygen atoms in total. The van der Waals surface area contributed by atoms with Crippen molar-refractivity contribution in [3.8, 4) is 21.7 Å². The minimum Gasteiger partial charge on any atom is -0.468 e. The predicted molar refractivity (Wildman–Crippen MR) is 172 cm³/mol. The lowest BCUT2D eigenvalue weighted by molar-refractivity contribution is -0.138. The lowest BCUT2D eigenvalue weighted by Crippen LogP contribution is -2.14. The molecule has 0 aliphatic carbocycles. The van der Waals surface area contributed by atoms with Gasteiger partial charge < -0.3 is 14.6 Å². The first-order chi connectivity index (χ1) is 20.3. The number of carbonyl (C=O) groups is 2. The number of esters is 1. The lowest BCUT2D eigenvalue weighted by Gasteiger charge is -2.08. The van der Waals surface area contributed by atoms with Crippen LogP contribution in [0.2, 0.25) is 10.0 Å². The summed E-state index contributed by atoms with van der Waals surface area (Å²) in [4.78, 5) is 29.8. The Morgan fingerprint density at radius 1 is 0.976 bits per heavy atom. The number of benzene rings is 3. The molecule has 0 unspecified atom stereocenters. The van der Waals surface area contributed by atoms with E-state index < -0.39 is 0 Å². The molecular formula is C33H27Cl2N3O3S. The molecule has 0 saturated heterocycles. The van der Waals surface area contributed by atoms with Gasteiger partial charge in [-0.15, -0.1) is 11.3 Å². The van der Waals surface area contributed by atoms with Crippen LogP contribution in [0, 0.1) is 0 Å². The maximum Gasteiger partial charge on any atom is 0.325 e. The van der Waals surface area contributed by atoms with E-state index in [-0.39, 0.29) is 18.3 Å². The zero-order valence-corrected chi connectivity index (χ0v) is 25.3. The SMILES string of the molecule is COC(=O)CNc1ccc(Cn2cc(-c3ccc(Cl)cc3Cl)nc2/C=C/c2ccc(-c3ccc(C(C)=O)s3)cc2)cc1. The van der Waals surface area contributed by atoms with Gasteiger partial charge >= 0.3 is 5.97 Å². The number of carbonyl (C=O) groups excluding carboxylic acids is 2. The maximum absolute atomic E-state index is 11.7. The Morgan fingerprint density at radius 2 is 1.74 bits per heavy atom. The summed E-state index contributed by atoms with van der Waals surface area (Å²) in [6.07, 6.45) is 5.98. The molecule has 1 N–H and O–H groups in total. The fraction of sp³-hybridized carbons (Fsp3) is 0.121. The molecule has 2 aromatic heterocycles. The van der Waals surface area contributed by atoms with Crippen LogP contribution in [0.3, 0.4) is 0 Å². The number of nitrogens with zero attached hydrogens (tertiary/aromatic N) is 2. The second kappa shape index (κ2) is 13.2. The Hall–Kier alpha value is -4.17. The Morgan fingerprint density at radius 3 is 2.40 bits per heavy atom. The fourth-order valence-electron chi connectivity index (χ4n) is 4.30. The molecule has 3 aromatic carbocycles. The average molecular weight is 617 g/mol. The normalized spacial score (nSPS) is 11.1. The molecule has 0 atom stereocenters. The number of anilines is 1. The van der Waals surface area contributed by atoms with Gasteiger partial charge in [0, 0.05) is 33.9 Å². The van der Waals surface area contributed by atoms with Crippen molar-refractivity contribution in [2.45, 2.75) is 13.5 Å². The molecule has 9 heteroatoms. The van der Waals surface area contributed by atoms with Crippen LogP contribution in [0.25, 0.3) is 33.9 Å². The van der Waals surface area contributed by atoms with Crippen molar-refractivity contribution < 1.29 is 14.3 Å². The summed E-state index contributed by atoms with van der Waals surface area (Å²) in [5.41, 5.74) is 5.50.